The lowest BCUT2D eigenvalue weighted by molar-refractivity contribution is 0.459. The maximum Gasteiger partial charge on any atom is 0.169 e. The summed E-state index contributed by atoms with van der Waals surface area (Å²) < 4.78 is 8.10. The van der Waals surface area contributed by atoms with Crippen molar-refractivity contribution in [2.24, 2.45) is 0 Å². The van der Waals surface area contributed by atoms with E-state index in [1.165, 1.54) is 0 Å². The van der Waals surface area contributed by atoms with Gasteiger partial charge >= 0.3 is 0 Å². The number of nitrogens with zero attached hydrogens (tertiary/aromatic N) is 2. The Bertz CT molecular complexity index is 445. The lowest BCUT2D eigenvalue weighted by atomic mass is 10.4. The molecule has 2 heterocycles. The van der Waals surface area contributed by atoms with Gasteiger partial charge in [0, 0.05) is 5.69 Å². The second kappa shape index (κ2) is 3.61. The van der Waals surface area contributed by atoms with Gasteiger partial charge in [-0.2, -0.15) is 5.10 Å². The number of furan rings is 1. The number of aromatic nitrogens is 2. The second-order valence-electron chi connectivity index (χ2n) is 3.29. The summed E-state index contributed by atoms with van der Waals surface area (Å²) in [5, 5.41) is 4.36. The first-order valence-electron chi connectivity index (χ1n) is 4.40. The predicted molar refractivity (Wildman–Crippen MR) is 57.2 cm³/mol. The van der Waals surface area contributed by atoms with E-state index in [9.17, 15) is 0 Å². The van der Waals surface area contributed by atoms with Gasteiger partial charge in [0.25, 0.3) is 0 Å². The molecule has 0 aromatic carbocycles. The average Bonchev–Trinajstić information content (AvgIpc) is 2.61. The molecule has 2 aromatic rings. The van der Waals surface area contributed by atoms with Crippen molar-refractivity contribution in [1.82, 2.24) is 9.78 Å². The van der Waals surface area contributed by atoms with Crippen LogP contribution in [0.15, 0.2) is 27.3 Å². The van der Waals surface area contributed by atoms with Crippen LogP contribution in [0.4, 0.5) is 0 Å². The zero-order valence-corrected chi connectivity index (χ0v) is 9.71. The number of hydrogen-bond acceptors (Lipinski definition) is 2. The molecule has 74 valence electrons. The van der Waals surface area contributed by atoms with Gasteiger partial charge in [-0.15, -0.1) is 0 Å². The van der Waals surface area contributed by atoms with E-state index >= 15 is 0 Å². The summed E-state index contributed by atoms with van der Waals surface area (Å²) in [5.74, 6) is 0.906. The Morgan fingerprint density at radius 1 is 1.43 bits per heavy atom. The van der Waals surface area contributed by atoms with Gasteiger partial charge < -0.3 is 4.42 Å². The molecule has 0 aliphatic rings. The van der Waals surface area contributed by atoms with Gasteiger partial charge in [0.1, 0.15) is 5.76 Å². The highest BCUT2D eigenvalue weighted by atomic mass is 79.9. The molecular weight excluding hydrogens is 244 g/mol. The third kappa shape index (κ3) is 1.90. The molecule has 0 radical (unpaired) electrons. The van der Waals surface area contributed by atoms with Gasteiger partial charge in [-0.1, -0.05) is 0 Å². The van der Waals surface area contributed by atoms with Crippen molar-refractivity contribution < 1.29 is 4.42 Å². The summed E-state index contributed by atoms with van der Waals surface area (Å²) in [6.45, 7) is 4.71. The molecule has 2 aromatic heterocycles. The van der Waals surface area contributed by atoms with Crippen molar-refractivity contribution in [2.75, 3.05) is 0 Å². The van der Waals surface area contributed by atoms with Crippen LogP contribution in [0.25, 0.3) is 0 Å². The summed E-state index contributed by atoms with van der Waals surface area (Å²) in [5.41, 5.74) is 2.18. The zero-order chi connectivity index (χ0) is 10.1. The monoisotopic (exact) mass is 254 g/mol. The Morgan fingerprint density at radius 2 is 2.21 bits per heavy atom. The molecule has 0 bridgehead atoms. The van der Waals surface area contributed by atoms with E-state index in [0.29, 0.717) is 6.54 Å². The SMILES string of the molecule is Cc1cc(C)n(Cc2ccc(Br)o2)n1. The van der Waals surface area contributed by atoms with Crippen LogP contribution in [0.2, 0.25) is 0 Å². The standard InChI is InChI=1S/C10H11BrN2O/c1-7-5-8(2)13(12-7)6-9-3-4-10(11)14-9/h3-5H,6H2,1-2H3. The van der Waals surface area contributed by atoms with Crippen LogP contribution in [0.1, 0.15) is 17.1 Å². The molecule has 0 fully saturated rings. The van der Waals surface area contributed by atoms with E-state index in [4.69, 9.17) is 4.42 Å². The van der Waals surface area contributed by atoms with E-state index in [0.717, 1.165) is 21.8 Å². The van der Waals surface area contributed by atoms with Gasteiger partial charge in [-0.3, -0.25) is 4.68 Å². The molecule has 0 saturated carbocycles. The minimum Gasteiger partial charge on any atom is -0.452 e. The largest absolute Gasteiger partial charge is 0.452 e. The summed E-state index contributed by atoms with van der Waals surface area (Å²) in [7, 11) is 0. The molecule has 0 unspecified atom stereocenters. The van der Waals surface area contributed by atoms with Crippen molar-refractivity contribution in [2.45, 2.75) is 20.4 Å². The number of aryl methyl sites for hydroxylation is 2. The Morgan fingerprint density at radius 3 is 2.71 bits per heavy atom. The van der Waals surface area contributed by atoms with Crippen molar-refractivity contribution in [3.63, 3.8) is 0 Å². The first-order valence-corrected chi connectivity index (χ1v) is 5.20. The fraction of sp³-hybridized carbons (Fsp3) is 0.300. The smallest absolute Gasteiger partial charge is 0.169 e. The third-order valence-electron chi connectivity index (χ3n) is 2.04. The highest BCUT2D eigenvalue weighted by Gasteiger charge is 2.04. The molecule has 14 heavy (non-hydrogen) atoms. The molecule has 0 amide bonds. The highest BCUT2D eigenvalue weighted by molar-refractivity contribution is 9.10. The lowest BCUT2D eigenvalue weighted by Crippen LogP contribution is -2.02. The second-order valence-corrected chi connectivity index (χ2v) is 4.07. The summed E-state index contributed by atoms with van der Waals surface area (Å²) in [6, 6.07) is 5.89. The zero-order valence-electron chi connectivity index (χ0n) is 8.12. The van der Waals surface area contributed by atoms with Crippen molar-refractivity contribution >= 4 is 15.9 Å². The van der Waals surface area contributed by atoms with Crippen LogP contribution >= 0.6 is 15.9 Å². The molecule has 0 N–H and O–H groups in total. The van der Waals surface area contributed by atoms with E-state index in [2.05, 4.69) is 27.1 Å². The molecule has 0 aliphatic heterocycles. The van der Waals surface area contributed by atoms with Gasteiger partial charge in [0.15, 0.2) is 4.67 Å². The van der Waals surface area contributed by atoms with E-state index in [1.54, 1.807) is 0 Å². The van der Waals surface area contributed by atoms with Crippen LogP contribution in [0.5, 0.6) is 0 Å². The number of halogens is 1. The molecule has 2 rings (SSSR count). The first kappa shape index (κ1) is 9.52. The van der Waals surface area contributed by atoms with E-state index < -0.39 is 0 Å². The molecule has 0 aliphatic carbocycles. The topological polar surface area (TPSA) is 31.0 Å². The lowest BCUT2D eigenvalue weighted by Gasteiger charge is -2.00. The molecule has 0 saturated heterocycles. The molecular formula is C10H11BrN2O. The maximum atomic E-state index is 5.41. The fourth-order valence-corrected chi connectivity index (χ4v) is 1.76. The Labute approximate surface area is 90.9 Å². The molecule has 0 spiro atoms. The van der Waals surface area contributed by atoms with E-state index in [-0.39, 0.29) is 0 Å². The normalized spacial score (nSPS) is 10.8. The van der Waals surface area contributed by atoms with Gasteiger partial charge in [0.2, 0.25) is 0 Å². The molecule has 0 atom stereocenters. The minimum absolute atomic E-state index is 0.686. The number of rotatable bonds is 2. The molecule has 4 heteroatoms. The highest BCUT2D eigenvalue weighted by Crippen LogP contribution is 2.15. The summed E-state index contributed by atoms with van der Waals surface area (Å²) in [6.07, 6.45) is 0. The van der Waals surface area contributed by atoms with Crippen molar-refractivity contribution in [3.05, 3.63) is 40.0 Å². The average molecular weight is 255 g/mol. The Balaban J connectivity index is 2.22. The number of hydrogen-bond donors (Lipinski definition) is 0. The van der Waals surface area contributed by atoms with Gasteiger partial charge in [0.05, 0.1) is 12.2 Å². The summed E-state index contributed by atoms with van der Waals surface area (Å²) >= 11 is 3.27. The van der Waals surface area contributed by atoms with Crippen LogP contribution in [-0.2, 0) is 6.54 Å². The summed E-state index contributed by atoms with van der Waals surface area (Å²) in [4.78, 5) is 0. The maximum absolute atomic E-state index is 5.41. The van der Waals surface area contributed by atoms with Crippen LogP contribution in [0, 0.1) is 13.8 Å². The van der Waals surface area contributed by atoms with Crippen LogP contribution in [0.3, 0.4) is 0 Å². The molecule has 3 nitrogen and oxygen atoms in total. The van der Waals surface area contributed by atoms with Crippen molar-refractivity contribution in [3.8, 4) is 0 Å². The van der Waals surface area contributed by atoms with Crippen molar-refractivity contribution in [1.29, 1.82) is 0 Å². The Hall–Kier alpha value is -1.03. The van der Waals surface area contributed by atoms with Gasteiger partial charge in [-0.05, 0) is 48.0 Å². The van der Waals surface area contributed by atoms with Crippen LogP contribution < -0.4 is 0 Å². The van der Waals surface area contributed by atoms with E-state index in [1.807, 2.05) is 30.7 Å². The van der Waals surface area contributed by atoms with Crippen LogP contribution in [-0.4, -0.2) is 9.78 Å². The fourth-order valence-electron chi connectivity index (χ4n) is 1.42. The third-order valence-corrected chi connectivity index (χ3v) is 2.46. The van der Waals surface area contributed by atoms with Gasteiger partial charge in [-0.25, -0.2) is 0 Å². The predicted octanol–water partition coefficient (Wildman–Crippen LogP) is 2.90. The first-order chi connectivity index (χ1) is 6.65. The quantitative estimate of drug-likeness (QED) is 0.826. The Kier molecular flexibility index (Phi) is 2.46. The minimum atomic E-state index is 0.686.